The first-order valence-electron chi connectivity index (χ1n) is 10.7. The van der Waals surface area contributed by atoms with E-state index in [2.05, 4.69) is 31.8 Å². The smallest absolute Gasteiger partial charge is 0.316 e. The third-order valence-corrected chi connectivity index (χ3v) is 5.89. The standard InChI is InChI=1S/C24H20F2N6O2/c1-3-34-23(33)24(8-9-24)17-12-28-21(30-20(17)27-2)19-16-10-15(25)11-29-22(16)32(31-19)13-14-6-4-5-7-18(14)26/h4-7,10-12H,2-3,8-9,13H2,1H3. The largest absolute Gasteiger partial charge is 0.465 e. The molecule has 1 saturated carbocycles. The number of hydrogen-bond donors (Lipinski definition) is 0. The maximum Gasteiger partial charge on any atom is 0.316 e. The third kappa shape index (κ3) is 3.60. The van der Waals surface area contributed by atoms with Crippen molar-refractivity contribution in [1.29, 1.82) is 0 Å². The zero-order valence-corrected chi connectivity index (χ0v) is 18.3. The molecule has 0 atom stereocenters. The van der Waals surface area contributed by atoms with Crippen LogP contribution in [0.2, 0.25) is 0 Å². The average Bonchev–Trinajstić information content (AvgIpc) is 3.58. The van der Waals surface area contributed by atoms with Crippen molar-refractivity contribution < 1.29 is 18.3 Å². The minimum atomic E-state index is -0.828. The number of aliphatic imine (C=N–C) groups is 1. The van der Waals surface area contributed by atoms with Gasteiger partial charge >= 0.3 is 5.97 Å². The Morgan fingerprint density at radius 1 is 1.24 bits per heavy atom. The fraction of sp³-hybridized carbons (Fsp3) is 0.250. The van der Waals surface area contributed by atoms with Crippen molar-refractivity contribution in [2.75, 3.05) is 6.61 Å². The third-order valence-electron chi connectivity index (χ3n) is 5.89. The molecule has 5 rings (SSSR count). The summed E-state index contributed by atoms with van der Waals surface area (Å²) < 4.78 is 35.0. The molecule has 0 unspecified atom stereocenters. The normalized spacial score (nSPS) is 14.2. The Kier molecular flexibility index (Phi) is 5.35. The SMILES string of the molecule is C=Nc1nc(-c2nn(Cc3ccccc3F)c3ncc(F)cc23)ncc1C1(C(=O)OCC)CC1. The van der Waals surface area contributed by atoms with E-state index in [0.717, 1.165) is 6.20 Å². The maximum absolute atomic E-state index is 14.2. The number of ether oxygens (including phenoxy) is 1. The number of fused-ring (bicyclic) bond motifs is 1. The van der Waals surface area contributed by atoms with Gasteiger partial charge in [-0.2, -0.15) is 5.10 Å². The number of pyridine rings is 1. The zero-order valence-electron chi connectivity index (χ0n) is 18.3. The molecule has 0 saturated heterocycles. The summed E-state index contributed by atoms with van der Waals surface area (Å²) in [5.41, 5.74) is 0.718. The molecular formula is C24H20F2N6O2. The van der Waals surface area contributed by atoms with E-state index in [-0.39, 0.29) is 42.3 Å². The van der Waals surface area contributed by atoms with Crippen LogP contribution in [-0.2, 0) is 21.5 Å². The molecule has 1 aromatic carbocycles. The topological polar surface area (TPSA) is 95.1 Å². The second-order valence-electron chi connectivity index (χ2n) is 8.01. The molecule has 1 aliphatic rings. The molecule has 1 aliphatic carbocycles. The van der Waals surface area contributed by atoms with Crippen molar-refractivity contribution in [1.82, 2.24) is 24.7 Å². The molecule has 0 amide bonds. The summed E-state index contributed by atoms with van der Waals surface area (Å²) in [5.74, 6) is -0.895. The number of esters is 1. The van der Waals surface area contributed by atoms with E-state index in [4.69, 9.17) is 4.74 Å². The summed E-state index contributed by atoms with van der Waals surface area (Å²) >= 11 is 0. The minimum absolute atomic E-state index is 0.0818. The number of carbonyl (C=O) groups is 1. The van der Waals surface area contributed by atoms with Gasteiger partial charge in [0.1, 0.15) is 17.3 Å². The van der Waals surface area contributed by atoms with Gasteiger partial charge in [0.25, 0.3) is 0 Å². The summed E-state index contributed by atoms with van der Waals surface area (Å²) in [6, 6.07) is 7.60. The van der Waals surface area contributed by atoms with Crippen LogP contribution in [0, 0.1) is 11.6 Å². The van der Waals surface area contributed by atoms with Crippen LogP contribution in [-0.4, -0.2) is 44.0 Å². The molecule has 0 bridgehead atoms. The number of rotatable bonds is 7. The number of nitrogens with zero attached hydrogens (tertiary/aromatic N) is 6. The number of benzene rings is 1. The molecule has 1 fully saturated rings. The van der Waals surface area contributed by atoms with E-state index in [0.29, 0.717) is 35.0 Å². The number of aromatic nitrogens is 5. The Labute approximate surface area is 193 Å². The van der Waals surface area contributed by atoms with Gasteiger partial charge in [-0.05, 0) is 38.6 Å². The predicted octanol–water partition coefficient (Wildman–Crippen LogP) is 4.14. The first kappa shape index (κ1) is 21.7. The number of halogens is 2. The van der Waals surface area contributed by atoms with Gasteiger partial charge in [-0.1, -0.05) is 18.2 Å². The Bertz CT molecular complexity index is 1430. The summed E-state index contributed by atoms with van der Waals surface area (Å²) in [5, 5.41) is 4.89. The molecule has 34 heavy (non-hydrogen) atoms. The molecule has 172 valence electrons. The Balaban J connectivity index is 1.61. The first-order chi connectivity index (χ1) is 16.5. The van der Waals surface area contributed by atoms with Crippen LogP contribution < -0.4 is 0 Å². The molecule has 8 nitrogen and oxygen atoms in total. The monoisotopic (exact) mass is 462 g/mol. The van der Waals surface area contributed by atoms with Crippen LogP contribution in [0.5, 0.6) is 0 Å². The van der Waals surface area contributed by atoms with Crippen LogP contribution in [0.15, 0.2) is 47.7 Å². The highest BCUT2D eigenvalue weighted by Crippen LogP contribution is 2.51. The van der Waals surface area contributed by atoms with E-state index in [1.165, 1.54) is 23.0 Å². The van der Waals surface area contributed by atoms with Crippen molar-refractivity contribution in [3.05, 3.63) is 65.5 Å². The minimum Gasteiger partial charge on any atom is -0.465 e. The quantitative estimate of drug-likeness (QED) is 0.303. The van der Waals surface area contributed by atoms with Gasteiger partial charge in [-0.25, -0.2) is 33.4 Å². The lowest BCUT2D eigenvalue weighted by molar-refractivity contribution is -0.146. The van der Waals surface area contributed by atoms with Crippen molar-refractivity contribution in [3.8, 4) is 11.5 Å². The second kappa shape index (κ2) is 8.36. The first-order valence-corrected chi connectivity index (χ1v) is 10.7. The molecular weight excluding hydrogens is 442 g/mol. The molecule has 3 aromatic heterocycles. The molecule has 0 N–H and O–H groups in total. The van der Waals surface area contributed by atoms with Gasteiger partial charge in [-0.15, -0.1) is 0 Å². The van der Waals surface area contributed by atoms with Gasteiger partial charge in [0.05, 0.1) is 30.1 Å². The van der Waals surface area contributed by atoms with Crippen molar-refractivity contribution in [3.63, 3.8) is 0 Å². The van der Waals surface area contributed by atoms with Gasteiger partial charge in [0.2, 0.25) is 0 Å². The fourth-order valence-electron chi connectivity index (χ4n) is 4.02. The summed E-state index contributed by atoms with van der Waals surface area (Å²) in [4.78, 5) is 29.6. The highest BCUT2D eigenvalue weighted by Gasteiger charge is 2.54. The average molecular weight is 462 g/mol. The van der Waals surface area contributed by atoms with Crippen LogP contribution in [0.4, 0.5) is 14.6 Å². The van der Waals surface area contributed by atoms with E-state index in [1.807, 2.05) is 0 Å². The van der Waals surface area contributed by atoms with Gasteiger partial charge in [0, 0.05) is 17.3 Å². The lowest BCUT2D eigenvalue weighted by atomic mass is 9.98. The lowest BCUT2D eigenvalue weighted by Gasteiger charge is -2.15. The van der Waals surface area contributed by atoms with E-state index >= 15 is 0 Å². The maximum atomic E-state index is 14.2. The predicted molar refractivity (Wildman–Crippen MR) is 121 cm³/mol. The fourth-order valence-corrected chi connectivity index (χ4v) is 4.02. The van der Waals surface area contributed by atoms with Gasteiger partial charge < -0.3 is 4.74 Å². The van der Waals surface area contributed by atoms with Crippen LogP contribution in [0.1, 0.15) is 30.9 Å². The number of hydrogen-bond acceptors (Lipinski definition) is 7. The van der Waals surface area contributed by atoms with E-state index in [1.54, 1.807) is 25.1 Å². The molecule has 0 spiro atoms. The summed E-state index contributed by atoms with van der Waals surface area (Å²) in [7, 11) is 0. The molecule has 4 aromatic rings. The molecule has 0 aliphatic heterocycles. The Morgan fingerprint density at radius 2 is 2.03 bits per heavy atom. The Hall–Kier alpha value is -4.08. The summed E-state index contributed by atoms with van der Waals surface area (Å²) in [6.07, 6.45) is 3.80. The number of carbonyl (C=O) groups excluding carboxylic acids is 1. The van der Waals surface area contributed by atoms with Gasteiger partial charge in [0.15, 0.2) is 17.3 Å². The molecule has 10 heteroatoms. The van der Waals surface area contributed by atoms with Crippen LogP contribution in [0.25, 0.3) is 22.6 Å². The lowest BCUT2D eigenvalue weighted by Crippen LogP contribution is -2.24. The second-order valence-corrected chi connectivity index (χ2v) is 8.01. The highest BCUT2D eigenvalue weighted by molar-refractivity contribution is 5.91. The summed E-state index contributed by atoms with van der Waals surface area (Å²) in [6.45, 7) is 5.68. The molecule has 0 radical (unpaired) electrons. The van der Waals surface area contributed by atoms with Crippen molar-refractivity contribution in [2.24, 2.45) is 4.99 Å². The molecule has 3 heterocycles. The van der Waals surface area contributed by atoms with E-state index in [9.17, 15) is 13.6 Å². The Morgan fingerprint density at radius 3 is 2.74 bits per heavy atom. The zero-order chi connectivity index (χ0) is 23.9. The van der Waals surface area contributed by atoms with Crippen molar-refractivity contribution >= 4 is 29.5 Å². The van der Waals surface area contributed by atoms with Gasteiger partial charge in [-0.3, -0.25) is 4.79 Å². The highest BCUT2D eigenvalue weighted by atomic mass is 19.1. The van der Waals surface area contributed by atoms with E-state index < -0.39 is 11.2 Å². The van der Waals surface area contributed by atoms with Crippen molar-refractivity contribution in [2.45, 2.75) is 31.7 Å². The van der Waals surface area contributed by atoms with Crippen LogP contribution >= 0.6 is 0 Å². The van der Waals surface area contributed by atoms with Crippen LogP contribution in [0.3, 0.4) is 0 Å².